The predicted molar refractivity (Wildman–Crippen MR) is 130 cm³/mol. The van der Waals surface area contributed by atoms with Gasteiger partial charge in [-0.05, 0) is 62.4 Å². The second kappa shape index (κ2) is 10.0. The zero-order valence-corrected chi connectivity index (χ0v) is 20.2. The number of ketones is 1. The summed E-state index contributed by atoms with van der Waals surface area (Å²) >= 11 is 3.37. The van der Waals surface area contributed by atoms with Crippen molar-refractivity contribution >= 4 is 39.2 Å². The lowest BCUT2D eigenvalue weighted by molar-refractivity contribution is 0.0480. The summed E-state index contributed by atoms with van der Waals surface area (Å²) in [5.74, 6) is -1.90. The molecule has 0 fully saturated rings. The van der Waals surface area contributed by atoms with Crippen molar-refractivity contribution in [1.82, 2.24) is 9.38 Å². The zero-order chi connectivity index (χ0) is 24.2. The number of halogens is 1. The lowest BCUT2D eigenvalue weighted by Gasteiger charge is -2.11. The number of pyridine rings is 2. The van der Waals surface area contributed by atoms with Crippen LogP contribution in [-0.2, 0) is 9.47 Å². The van der Waals surface area contributed by atoms with Gasteiger partial charge in [0.2, 0.25) is 5.78 Å². The average Bonchev–Trinajstić information content (AvgIpc) is 3.20. The molecule has 8 heteroatoms. The monoisotopic (exact) mass is 520 g/mol. The van der Waals surface area contributed by atoms with Gasteiger partial charge in [0.15, 0.2) is 0 Å². The Morgan fingerprint density at radius 1 is 0.853 bits per heavy atom. The summed E-state index contributed by atoms with van der Waals surface area (Å²) in [6.45, 7) is 3.53. The first-order chi connectivity index (χ1) is 16.5. The Hall–Kier alpha value is -3.78. The fraction of sp³-hybridized carbons (Fsp3) is 0.154. The molecular formula is C26H21BrN2O5. The molecule has 0 radical (unpaired) electrons. The minimum atomic E-state index is -0.768. The molecule has 0 aliphatic heterocycles. The molecule has 1 aromatic carbocycles. The van der Waals surface area contributed by atoms with Crippen molar-refractivity contribution in [1.29, 1.82) is 0 Å². The summed E-state index contributed by atoms with van der Waals surface area (Å²) in [5, 5.41) is 0. The standard InChI is InChI=1S/C26H21BrN2O5/c1-3-33-25(31)21-20-7-5-6-19(16-12-14-28-15-13-16)29(20)23(22(21)26(32)34-4-2)24(30)17-8-10-18(27)11-9-17/h5-15H,3-4H2,1-2H3. The number of ether oxygens (including phenoxy) is 2. The smallest absolute Gasteiger partial charge is 0.341 e. The minimum absolute atomic E-state index is 0.00309. The van der Waals surface area contributed by atoms with Crippen molar-refractivity contribution in [2.75, 3.05) is 13.2 Å². The Bertz CT molecular complexity index is 1380. The summed E-state index contributed by atoms with van der Waals surface area (Å²) in [6, 6.07) is 15.6. The largest absolute Gasteiger partial charge is 0.462 e. The van der Waals surface area contributed by atoms with E-state index in [-0.39, 0.29) is 30.0 Å². The van der Waals surface area contributed by atoms with Crippen molar-refractivity contribution in [2.24, 2.45) is 0 Å². The highest BCUT2D eigenvalue weighted by Crippen LogP contribution is 2.33. The van der Waals surface area contributed by atoms with E-state index in [1.807, 2.05) is 6.07 Å². The number of esters is 2. The molecule has 0 saturated carbocycles. The molecular weight excluding hydrogens is 500 g/mol. The Labute approximate surface area is 204 Å². The molecule has 0 aliphatic rings. The van der Waals surface area contributed by atoms with Crippen LogP contribution in [0.3, 0.4) is 0 Å². The van der Waals surface area contributed by atoms with Crippen molar-refractivity contribution in [3.63, 3.8) is 0 Å². The Balaban J connectivity index is 2.13. The molecule has 0 atom stereocenters. The summed E-state index contributed by atoms with van der Waals surface area (Å²) in [5.41, 5.74) is 2.01. The molecule has 3 heterocycles. The SMILES string of the molecule is CCOC(=O)c1c(C(=O)OCC)c2cccc(-c3ccncc3)n2c1C(=O)c1ccc(Br)cc1. The first-order valence-electron chi connectivity index (χ1n) is 10.7. The van der Waals surface area contributed by atoms with E-state index in [0.717, 1.165) is 10.0 Å². The molecule has 0 amide bonds. The fourth-order valence-corrected chi connectivity index (χ4v) is 4.08. The van der Waals surface area contributed by atoms with E-state index < -0.39 is 17.7 Å². The maximum atomic E-state index is 13.9. The first kappa shape index (κ1) is 23.4. The third-order valence-electron chi connectivity index (χ3n) is 5.21. The molecule has 0 bridgehead atoms. The molecule has 172 valence electrons. The van der Waals surface area contributed by atoms with Gasteiger partial charge in [-0.1, -0.05) is 22.0 Å². The molecule has 3 aromatic heterocycles. The van der Waals surface area contributed by atoms with Crippen molar-refractivity contribution in [3.8, 4) is 11.3 Å². The van der Waals surface area contributed by atoms with Crippen LogP contribution in [0.2, 0.25) is 0 Å². The van der Waals surface area contributed by atoms with Crippen LogP contribution >= 0.6 is 15.9 Å². The van der Waals surface area contributed by atoms with E-state index in [1.165, 1.54) is 0 Å². The molecule has 4 aromatic rings. The predicted octanol–water partition coefficient (Wildman–Crippen LogP) is 5.35. The summed E-state index contributed by atoms with van der Waals surface area (Å²) in [7, 11) is 0. The van der Waals surface area contributed by atoms with Crippen LogP contribution in [0.4, 0.5) is 0 Å². The summed E-state index contributed by atoms with van der Waals surface area (Å²) in [6.07, 6.45) is 3.26. The average molecular weight is 521 g/mol. The molecule has 34 heavy (non-hydrogen) atoms. The summed E-state index contributed by atoms with van der Waals surface area (Å²) in [4.78, 5) is 44.2. The molecule has 0 unspecified atom stereocenters. The topological polar surface area (TPSA) is 87.0 Å². The molecule has 0 saturated heterocycles. The molecule has 0 spiro atoms. The van der Waals surface area contributed by atoms with Gasteiger partial charge in [0.25, 0.3) is 0 Å². The quantitative estimate of drug-likeness (QED) is 0.241. The van der Waals surface area contributed by atoms with Crippen LogP contribution in [0.1, 0.15) is 50.6 Å². The zero-order valence-electron chi connectivity index (χ0n) is 18.6. The molecule has 4 rings (SSSR count). The number of hydrogen-bond acceptors (Lipinski definition) is 6. The van der Waals surface area contributed by atoms with Crippen LogP contribution in [0.5, 0.6) is 0 Å². The van der Waals surface area contributed by atoms with Gasteiger partial charge in [-0.3, -0.25) is 9.78 Å². The fourth-order valence-electron chi connectivity index (χ4n) is 3.82. The number of rotatable bonds is 7. The minimum Gasteiger partial charge on any atom is -0.462 e. The molecule has 0 aliphatic carbocycles. The maximum absolute atomic E-state index is 13.9. The number of carbonyl (C=O) groups is 3. The van der Waals surface area contributed by atoms with Gasteiger partial charge in [0, 0.05) is 28.0 Å². The number of fused-ring (bicyclic) bond motifs is 1. The van der Waals surface area contributed by atoms with Crippen LogP contribution in [-0.4, -0.2) is 40.3 Å². The highest BCUT2D eigenvalue weighted by atomic mass is 79.9. The van der Waals surface area contributed by atoms with E-state index in [0.29, 0.717) is 16.8 Å². The Kier molecular flexibility index (Phi) is 6.88. The third kappa shape index (κ3) is 4.24. The van der Waals surface area contributed by atoms with Crippen LogP contribution in [0, 0.1) is 0 Å². The van der Waals surface area contributed by atoms with Gasteiger partial charge in [-0.15, -0.1) is 0 Å². The number of benzene rings is 1. The van der Waals surface area contributed by atoms with E-state index in [4.69, 9.17) is 9.47 Å². The number of aromatic nitrogens is 2. The lowest BCUT2D eigenvalue weighted by Crippen LogP contribution is -2.17. The van der Waals surface area contributed by atoms with Gasteiger partial charge >= 0.3 is 11.9 Å². The van der Waals surface area contributed by atoms with E-state index in [9.17, 15) is 14.4 Å². The van der Waals surface area contributed by atoms with E-state index >= 15 is 0 Å². The van der Waals surface area contributed by atoms with E-state index in [1.54, 1.807) is 79.2 Å². The van der Waals surface area contributed by atoms with Gasteiger partial charge in [-0.25, -0.2) is 9.59 Å². The first-order valence-corrected chi connectivity index (χ1v) is 11.5. The van der Waals surface area contributed by atoms with Gasteiger partial charge < -0.3 is 13.9 Å². The highest BCUT2D eigenvalue weighted by Gasteiger charge is 2.34. The van der Waals surface area contributed by atoms with Crippen molar-refractivity contribution < 1.29 is 23.9 Å². The third-order valence-corrected chi connectivity index (χ3v) is 5.74. The molecule has 7 nitrogen and oxygen atoms in total. The van der Waals surface area contributed by atoms with Gasteiger partial charge in [0.1, 0.15) is 16.8 Å². The Morgan fingerprint density at radius 2 is 1.47 bits per heavy atom. The molecule has 0 N–H and O–H groups in total. The van der Waals surface area contributed by atoms with Crippen LogP contribution < -0.4 is 0 Å². The number of carbonyl (C=O) groups excluding carboxylic acids is 3. The van der Waals surface area contributed by atoms with Crippen LogP contribution in [0.15, 0.2) is 71.5 Å². The summed E-state index contributed by atoms with van der Waals surface area (Å²) < 4.78 is 13.0. The van der Waals surface area contributed by atoms with Crippen molar-refractivity contribution in [2.45, 2.75) is 13.8 Å². The highest BCUT2D eigenvalue weighted by molar-refractivity contribution is 9.10. The van der Waals surface area contributed by atoms with Crippen LogP contribution in [0.25, 0.3) is 16.8 Å². The lowest BCUT2D eigenvalue weighted by atomic mass is 10.0. The number of hydrogen-bond donors (Lipinski definition) is 0. The maximum Gasteiger partial charge on any atom is 0.341 e. The normalized spacial score (nSPS) is 10.8. The van der Waals surface area contributed by atoms with Crippen molar-refractivity contribution in [3.05, 3.63) is 93.8 Å². The second-order valence-corrected chi connectivity index (χ2v) is 8.16. The second-order valence-electron chi connectivity index (χ2n) is 7.24. The number of nitrogens with zero attached hydrogens (tertiary/aromatic N) is 2. The van der Waals surface area contributed by atoms with Gasteiger partial charge in [0.05, 0.1) is 24.4 Å². The van der Waals surface area contributed by atoms with E-state index in [2.05, 4.69) is 20.9 Å². The Morgan fingerprint density at radius 3 is 2.09 bits per heavy atom. The van der Waals surface area contributed by atoms with Gasteiger partial charge in [-0.2, -0.15) is 0 Å².